The highest BCUT2D eigenvalue weighted by atomic mass is 32.2. The van der Waals surface area contributed by atoms with Crippen molar-refractivity contribution in [2.45, 2.75) is 6.42 Å². The Kier molecular flexibility index (Phi) is 4.20. The summed E-state index contributed by atoms with van der Waals surface area (Å²) in [6.07, 6.45) is 0.904. The van der Waals surface area contributed by atoms with Crippen molar-refractivity contribution in [1.82, 2.24) is 4.98 Å². The summed E-state index contributed by atoms with van der Waals surface area (Å²) < 4.78 is 0. The summed E-state index contributed by atoms with van der Waals surface area (Å²) in [6, 6.07) is 2.38. The van der Waals surface area contributed by atoms with E-state index < -0.39 is 10.9 Å². The van der Waals surface area contributed by atoms with E-state index in [0.717, 1.165) is 24.0 Å². The van der Waals surface area contributed by atoms with Gasteiger partial charge in [0.05, 0.1) is 4.92 Å². The molecule has 0 aliphatic carbocycles. The molecule has 1 aliphatic heterocycles. The van der Waals surface area contributed by atoms with Crippen molar-refractivity contribution in [3.63, 3.8) is 0 Å². The summed E-state index contributed by atoms with van der Waals surface area (Å²) in [6.45, 7) is 1.30. The van der Waals surface area contributed by atoms with Crippen molar-refractivity contribution >= 4 is 29.2 Å². The number of rotatable bonds is 3. The topological polar surface area (TPSA) is 96.6 Å². The molecule has 1 fully saturated rings. The molecule has 1 aromatic rings. The van der Waals surface area contributed by atoms with Crippen LogP contribution in [0.1, 0.15) is 16.9 Å². The van der Waals surface area contributed by atoms with Crippen LogP contribution in [-0.2, 0) is 0 Å². The minimum Gasteiger partial charge on any atom is -0.477 e. The zero-order chi connectivity index (χ0) is 13.8. The van der Waals surface area contributed by atoms with Crippen molar-refractivity contribution in [2.24, 2.45) is 0 Å². The summed E-state index contributed by atoms with van der Waals surface area (Å²) in [4.78, 5) is 27.2. The fourth-order valence-electron chi connectivity index (χ4n) is 1.89. The SMILES string of the molecule is O=C(O)c1ccc([N+](=O)[O-])c(N2CCCSCC2)n1. The van der Waals surface area contributed by atoms with Crippen molar-refractivity contribution in [2.75, 3.05) is 29.5 Å². The van der Waals surface area contributed by atoms with Crippen LogP contribution in [0, 0.1) is 10.1 Å². The van der Waals surface area contributed by atoms with E-state index in [2.05, 4.69) is 4.98 Å². The molecule has 1 aliphatic rings. The molecule has 0 radical (unpaired) electrons. The number of hydrogen-bond donors (Lipinski definition) is 1. The monoisotopic (exact) mass is 283 g/mol. The van der Waals surface area contributed by atoms with E-state index in [-0.39, 0.29) is 17.2 Å². The van der Waals surface area contributed by atoms with Gasteiger partial charge in [-0.2, -0.15) is 11.8 Å². The minimum atomic E-state index is -1.18. The molecule has 0 spiro atoms. The van der Waals surface area contributed by atoms with Gasteiger partial charge in [-0.15, -0.1) is 0 Å². The highest BCUT2D eigenvalue weighted by Crippen LogP contribution is 2.27. The average Bonchev–Trinajstić information content (AvgIpc) is 2.66. The lowest BCUT2D eigenvalue weighted by molar-refractivity contribution is -0.384. The molecule has 102 valence electrons. The third-order valence-corrected chi connectivity index (χ3v) is 3.84. The van der Waals surface area contributed by atoms with Crippen molar-refractivity contribution in [1.29, 1.82) is 0 Å². The Hall–Kier alpha value is -1.83. The van der Waals surface area contributed by atoms with Crippen LogP contribution in [0.2, 0.25) is 0 Å². The number of nitro groups is 1. The predicted octanol–water partition coefficient (Wildman–Crippen LogP) is 1.63. The molecule has 0 atom stereocenters. The second-order valence-electron chi connectivity index (χ2n) is 4.05. The Balaban J connectivity index is 2.41. The molecule has 2 heterocycles. The van der Waals surface area contributed by atoms with Gasteiger partial charge in [0.25, 0.3) is 0 Å². The van der Waals surface area contributed by atoms with Gasteiger partial charge in [0.2, 0.25) is 5.82 Å². The normalized spacial score (nSPS) is 15.9. The van der Waals surface area contributed by atoms with Crippen LogP contribution in [0.3, 0.4) is 0 Å². The summed E-state index contributed by atoms with van der Waals surface area (Å²) in [5, 5.41) is 20.0. The first kappa shape index (κ1) is 13.6. The van der Waals surface area contributed by atoms with Gasteiger partial charge in [0.15, 0.2) is 5.69 Å². The lowest BCUT2D eigenvalue weighted by Gasteiger charge is -2.20. The number of pyridine rings is 1. The Morgan fingerprint density at radius 2 is 2.21 bits per heavy atom. The zero-order valence-corrected chi connectivity index (χ0v) is 10.9. The average molecular weight is 283 g/mol. The van der Waals surface area contributed by atoms with Crippen LogP contribution >= 0.6 is 11.8 Å². The van der Waals surface area contributed by atoms with Gasteiger partial charge >= 0.3 is 11.7 Å². The number of thioether (sulfide) groups is 1. The first-order valence-electron chi connectivity index (χ1n) is 5.81. The second-order valence-corrected chi connectivity index (χ2v) is 5.28. The molecule has 0 bridgehead atoms. The number of hydrogen-bond acceptors (Lipinski definition) is 6. The lowest BCUT2D eigenvalue weighted by atomic mass is 10.3. The predicted molar refractivity (Wildman–Crippen MR) is 72.0 cm³/mol. The van der Waals surface area contributed by atoms with E-state index in [4.69, 9.17) is 5.11 Å². The molecule has 2 rings (SSSR count). The van der Waals surface area contributed by atoms with Crippen LogP contribution in [-0.4, -0.2) is 45.6 Å². The molecular weight excluding hydrogens is 270 g/mol. The van der Waals surface area contributed by atoms with Crippen molar-refractivity contribution in [3.05, 3.63) is 27.9 Å². The smallest absolute Gasteiger partial charge is 0.354 e. The third kappa shape index (κ3) is 3.14. The van der Waals surface area contributed by atoms with E-state index in [1.807, 2.05) is 0 Å². The minimum absolute atomic E-state index is 0.142. The number of anilines is 1. The molecule has 0 amide bonds. The maximum Gasteiger partial charge on any atom is 0.354 e. The number of carboxylic acids is 1. The molecule has 19 heavy (non-hydrogen) atoms. The molecular formula is C11H13N3O4S. The van der Waals surface area contributed by atoms with Crippen LogP contribution in [0.4, 0.5) is 11.5 Å². The molecule has 1 saturated heterocycles. The molecule has 7 nitrogen and oxygen atoms in total. The fraction of sp³-hybridized carbons (Fsp3) is 0.455. The first-order valence-corrected chi connectivity index (χ1v) is 6.96. The number of aromatic carboxylic acids is 1. The molecule has 0 saturated carbocycles. The summed E-state index contributed by atoms with van der Waals surface area (Å²) in [7, 11) is 0. The van der Waals surface area contributed by atoms with E-state index in [1.165, 1.54) is 6.07 Å². The third-order valence-electron chi connectivity index (χ3n) is 2.79. The Morgan fingerprint density at radius 1 is 1.42 bits per heavy atom. The van der Waals surface area contributed by atoms with Crippen LogP contribution in [0.15, 0.2) is 12.1 Å². The van der Waals surface area contributed by atoms with E-state index in [1.54, 1.807) is 16.7 Å². The van der Waals surface area contributed by atoms with Gasteiger partial charge in [-0.1, -0.05) is 0 Å². The van der Waals surface area contributed by atoms with Crippen LogP contribution in [0.25, 0.3) is 0 Å². The molecule has 1 N–H and O–H groups in total. The van der Waals surface area contributed by atoms with E-state index in [9.17, 15) is 14.9 Å². The maximum atomic E-state index is 11.0. The van der Waals surface area contributed by atoms with E-state index >= 15 is 0 Å². The van der Waals surface area contributed by atoms with Gasteiger partial charge in [-0.05, 0) is 18.2 Å². The van der Waals surface area contributed by atoms with Gasteiger partial charge < -0.3 is 10.0 Å². The molecule has 8 heteroatoms. The number of carboxylic acid groups (broad SMARTS) is 1. The van der Waals surface area contributed by atoms with Gasteiger partial charge in [0.1, 0.15) is 0 Å². The second kappa shape index (κ2) is 5.87. The number of nitrogens with zero attached hydrogens (tertiary/aromatic N) is 3. The van der Waals surface area contributed by atoms with Crippen molar-refractivity contribution in [3.8, 4) is 0 Å². The number of aromatic nitrogens is 1. The van der Waals surface area contributed by atoms with Gasteiger partial charge in [-0.3, -0.25) is 10.1 Å². The highest BCUT2D eigenvalue weighted by molar-refractivity contribution is 7.99. The standard InChI is InChI=1S/C11H13N3O4S/c15-11(16)8-2-3-9(14(17)18)10(12-8)13-4-1-6-19-7-5-13/h2-3H,1,4-7H2,(H,15,16). The van der Waals surface area contributed by atoms with Crippen LogP contribution < -0.4 is 4.90 Å². The number of carbonyl (C=O) groups is 1. The fourth-order valence-corrected chi connectivity index (χ4v) is 2.78. The van der Waals surface area contributed by atoms with E-state index in [0.29, 0.717) is 13.1 Å². The quantitative estimate of drug-likeness (QED) is 0.665. The van der Waals surface area contributed by atoms with Gasteiger partial charge in [-0.25, -0.2) is 9.78 Å². The molecule has 1 aromatic heterocycles. The zero-order valence-electron chi connectivity index (χ0n) is 10.1. The van der Waals surface area contributed by atoms with Crippen molar-refractivity contribution < 1.29 is 14.8 Å². The summed E-state index contributed by atoms with van der Waals surface area (Å²) in [5.74, 6) is 0.840. The Morgan fingerprint density at radius 3 is 2.89 bits per heavy atom. The first-order chi connectivity index (χ1) is 9.09. The largest absolute Gasteiger partial charge is 0.477 e. The maximum absolute atomic E-state index is 11.0. The van der Waals surface area contributed by atoms with Crippen LogP contribution in [0.5, 0.6) is 0 Å². The molecule has 0 unspecified atom stereocenters. The molecule has 0 aromatic carbocycles. The lowest BCUT2D eigenvalue weighted by Crippen LogP contribution is -2.27. The summed E-state index contributed by atoms with van der Waals surface area (Å²) in [5.41, 5.74) is -0.311. The summed E-state index contributed by atoms with van der Waals surface area (Å²) >= 11 is 1.78. The van der Waals surface area contributed by atoms with Gasteiger partial charge in [0, 0.05) is 24.9 Å². The highest BCUT2D eigenvalue weighted by Gasteiger charge is 2.24. The Labute approximate surface area is 113 Å². The Bertz CT molecular complexity index is 501.